The molecule has 3 unspecified atom stereocenters. The number of carbonyl (C=O) groups excluding carboxylic acids is 1. The largest absolute Gasteiger partial charge is 0.380 e. The average Bonchev–Trinajstić information content (AvgIpc) is 3.84. The van der Waals surface area contributed by atoms with E-state index in [0.717, 1.165) is 52.0 Å². The number of hydrogen-bond acceptors (Lipinski definition) is 5. The van der Waals surface area contributed by atoms with Crippen molar-refractivity contribution in [2.75, 3.05) is 32.8 Å². The average molecular weight is 683 g/mol. The van der Waals surface area contributed by atoms with Gasteiger partial charge in [-0.25, -0.2) is 0 Å². The summed E-state index contributed by atoms with van der Waals surface area (Å²) in [5.74, 6) is 0.527. The molecule has 5 aliphatic rings. The predicted molar refractivity (Wildman–Crippen MR) is 211 cm³/mol. The van der Waals surface area contributed by atoms with Crippen molar-refractivity contribution < 1.29 is 9.53 Å². The SMILES string of the molecule is C=C1CCOCC1(C)C.CC.CC.CC(=O)C1NC(C2=CCC=C2)C(C)C2=C1CCc1cc(C)c(-c3cnn(CCN4CCCCC4)c3)cc12. The third-order valence-electron chi connectivity index (χ3n) is 11.0. The van der Waals surface area contributed by atoms with Gasteiger partial charge in [0, 0.05) is 35.7 Å². The van der Waals surface area contributed by atoms with Gasteiger partial charge in [-0.15, -0.1) is 0 Å². The fourth-order valence-corrected chi connectivity index (χ4v) is 8.01. The third-order valence-corrected chi connectivity index (χ3v) is 11.0. The van der Waals surface area contributed by atoms with Crippen molar-refractivity contribution in [2.24, 2.45) is 11.3 Å². The number of fused-ring (bicyclic) bond motifs is 2. The standard InChI is InChI=1S/C32H40N4O.C8H14O.2C2H6/c1-21-17-25-11-12-27-30(22(2)31(24-9-5-6-10-24)34-32(27)23(3)37)29(25)18-28(21)26-19-33-36(20-26)16-15-35-13-7-4-8-14-35;1-7-4-5-9-6-8(7,2)3;2*1-2/h5,9-10,17-20,22,31-32,34H,4,6-8,11-16H2,1-3H3;1,4-6H2,2-3H3;2*1-2H3. The second kappa shape index (κ2) is 18.4. The highest BCUT2D eigenvalue weighted by Gasteiger charge is 2.40. The van der Waals surface area contributed by atoms with Gasteiger partial charge in [0.1, 0.15) is 0 Å². The zero-order valence-electron chi connectivity index (χ0n) is 32.8. The molecule has 2 fully saturated rings. The van der Waals surface area contributed by atoms with Gasteiger partial charge >= 0.3 is 0 Å². The van der Waals surface area contributed by atoms with Gasteiger partial charge in [0.25, 0.3) is 0 Å². The Morgan fingerprint density at radius 1 is 1.04 bits per heavy atom. The lowest BCUT2D eigenvalue weighted by Crippen LogP contribution is -2.52. The number of rotatable bonds is 6. The molecule has 3 aliphatic heterocycles. The molecule has 6 heteroatoms. The van der Waals surface area contributed by atoms with E-state index in [1.165, 1.54) is 82.5 Å². The molecule has 0 amide bonds. The van der Waals surface area contributed by atoms with Crippen LogP contribution in [0.2, 0.25) is 0 Å². The van der Waals surface area contributed by atoms with Crippen LogP contribution in [-0.2, 0) is 22.5 Å². The Kier molecular flexibility index (Phi) is 14.6. The lowest BCUT2D eigenvalue weighted by Gasteiger charge is -2.42. The molecule has 0 bridgehead atoms. The Morgan fingerprint density at radius 3 is 2.40 bits per heavy atom. The molecule has 2 saturated heterocycles. The number of ketones is 1. The minimum atomic E-state index is -0.193. The van der Waals surface area contributed by atoms with Crippen molar-refractivity contribution in [1.82, 2.24) is 20.0 Å². The maximum atomic E-state index is 12.8. The molecule has 7 rings (SSSR count). The van der Waals surface area contributed by atoms with Crippen LogP contribution in [0.1, 0.15) is 111 Å². The fraction of sp³-hybridized carbons (Fsp3) is 0.591. The molecule has 1 aromatic heterocycles. The molecule has 0 radical (unpaired) electrons. The first-order valence-electron chi connectivity index (χ1n) is 19.6. The minimum Gasteiger partial charge on any atom is -0.380 e. The summed E-state index contributed by atoms with van der Waals surface area (Å²) >= 11 is 0. The molecule has 274 valence electrons. The number of benzene rings is 1. The highest BCUT2D eigenvalue weighted by atomic mass is 16.5. The number of piperidine rings is 1. The summed E-state index contributed by atoms with van der Waals surface area (Å²) < 4.78 is 7.41. The molecule has 4 heterocycles. The smallest absolute Gasteiger partial charge is 0.150 e. The first kappa shape index (κ1) is 39.7. The van der Waals surface area contributed by atoms with E-state index in [2.05, 4.69) is 85.7 Å². The Morgan fingerprint density at radius 2 is 1.78 bits per heavy atom. The van der Waals surface area contributed by atoms with Crippen LogP contribution in [0, 0.1) is 18.3 Å². The van der Waals surface area contributed by atoms with Gasteiger partial charge in [0.05, 0.1) is 32.0 Å². The zero-order chi connectivity index (χ0) is 36.4. The first-order valence-corrected chi connectivity index (χ1v) is 19.6. The van der Waals surface area contributed by atoms with Gasteiger partial charge in [0.15, 0.2) is 5.78 Å². The van der Waals surface area contributed by atoms with Gasteiger partial charge in [0.2, 0.25) is 0 Å². The fourth-order valence-electron chi connectivity index (χ4n) is 8.01. The summed E-state index contributed by atoms with van der Waals surface area (Å²) in [4.78, 5) is 15.4. The van der Waals surface area contributed by atoms with E-state index < -0.39 is 0 Å². The van der Waals surface area contributed by atoms with Crippen LogP contribution in [-0.4, -0.2) is 65.4 Å². The Hall–Kier alpha value is -3.06. The molecule has 6 nitrogen and oxygen atoms in total. The number of likely N-dealkylation sites (tertiary alicyclic amines) is 1. The third kappa shape index (κ3) is 9.23. The number of carbonyl (C=O) groups is 1. The molecule has 50 heavy (non-hydrogen) atoms. The molecule has 2 aromatic rings. The second-order valence-corrected chi connectivity index (χ2v) is 14.8. The van der Waals surface area contributed by atoms with Gasteiger partial charge < -0.3 is 9.64 Å². The highest BCUT2D eigenvalue weighted by Crippen LogP contribution is 2.45. The molecule has 1 aromatic carbocycles. The number of Topliss-reactive ketones (excluding diaryl/α,β-unsaturated/α-hetero) is 1. The number of aryl methyl sites for hydroxylation is 2. The lowest BCUT2D eigenvalue weighted by atomic mass is 9.70. The van der Waals surface area contributed by atoms with Crippen LogP contribution in [0.25, 0.3) is 16.7 Å². The Bertz CT molecular complexity index is 1550. The maximum Gasteiger partial charge on any atom is 0.150 e. The van der Waals surface area contributed by atoms with E-state index >= 15 is 0 Å². The second-order valence-electron chi connectivity index (χ2n) is 14.8. The first-order chi connectivity index (χ1) is 24.1. The monoisotopic (exact) mass is 683 g/mol. The number of ether oxygens (including phenoxy) is 1. The number of nitrogens with zero attached hydrogens (tertiary/aromatic N) is 3. The quantitative estimate of drug-likeness (QED) is 0.308. The van der Waals surface area contributed by atoms with E-state index in [4.69, 9.17) is 9.84 Å². The van der Waals surface area contributed by atoms with Crippen LogP contribution in [0.4, 0.5) is 0 Å². The minimum absolute atomic E-state index is 0.166. The molecule has 2 aliphatic carbocycles. The summed E-state index contributed by atoms with van der Waals surface area (Å²) in [5, 5.41) is 8.47. The van der Waals surface area contributed by atoms with Crippen molar-refractivity contribution in [2.45, 2.75) is 126 Å². The highest BCUT2D eigenvalue weighted by molar-refractivity contribution is 5.91. The van der Waals surface area contributed by atoms with Crippen molar-refractivity contribution in [3.63, 3.8) is 0 Å². The van der Waals surface area contributed by atoms with Crippen LogP contribution < -0.4 is 5.32 Å². The van der Waals surface area contributed by atoms with Crippen molar-refractivity contribution in [3.8, 4) is 11.1 Å². The van der Waals surface area contributed by atoms with E-state index in [0.29, 0.717) is 5.92 Å². The summed E-state index contributed by atoms with van der Waals surface area (Å²) in [6.07, 6.45) is 19.0. The van der Waals surface area contributed by atoms with E-state index in [-0.39, 0.29) is 23.3 Å². The van der Waals surface area contributed by atoms with Gasteiger partial charge in [-0.05, 0) is 111 Å². The van der Waals surface area contributed by atoms with Crippen molar-refractivity contribution >= 4 is 11.4 Å². The zero-order valence-corrected chi connectivity index (χ0v) is 32.8. The van der Waals surface area contributed by atoms with E-state index in [1.807, 2.05) is 33.9 Å². The summed E-state index contributed by atoms with van der Waals surface area (Å²) in [6.45, 7) is 28.8. The molecular weight excluding hydrogens is 617 g/mol. The molecule has 0 saturated carbocycles. The topological polar surface area (TPSA) is 59.4 Å². The molecule has 3 atom stereocenters. The number of nitrogens with one attached hydrogen (secondary N) is 1. The van der Waals surface area contributed by atoms with E-state index in [9.17, 15) is 4.79 Å². The molecule has 1 N–H and O–H groups in total. The Balaban J connectivity index is 0.000000370. The number of allylic oxidation sites excluding steroid dienone is 2. The van der Waals surface area contributed by atoms with Crippen molar-refractivity contribution in [3.05, 3.63) is 82.7 Å². The van der Waals surface area contributed by atoms with Gasteiger partial charge in [-0.2, -0.15) is 5.10 Å². The number of aromatic nitrogens is 2. The van der Waals surface area contributed by atoms with Gasteiger partial charge in [-0.1, -0.05) is 91.3 Å². The number of hydrogen-bond donors (Lipinski definition) is 1. The van der Waals surface area contributed by atoms with Crippen molar-refractivity contribution in [1.29, 1.82) is 0 Å². The van der Waals surface area contributed by atoms with Crippen LogP contribution in [0.5, 0.6) is 0 Å². The molecule has 0 spiro atoms. The lowest BCUT2D eigenvalue weighted by molar-refractivity contribution is -0.118. The summed E-state index contributed by atoms with van der Waals surface area (Å²) in [5.41, 5.74) is 12.1. The van der Waals surface area contributed by atoms with Crippen LogP contribution in [0.15, 0.2) is 66.1 Å². The summed E-state index contributed by atoms with van der Waals surface area (Å²) in [6, 6.07) is 4.77. The summed E-state index contributed by atoms with van der Waals surface area (Å²) in [7, 11) is 0. The predicted octanol–water partition coefficient (Wildman–Crippen LogP) is 9.54. The van der Waals surface area contributed by atoms with Gasteiger partial charge in [-0.3, -0.25) is 14.8 Å². The molecular formula is C44H66N4O2. The van der Waals surface area contributed by atoms with E-state index in [1.54, 1.807) is 6.92 Å². The Labute approximate surface area is 304 Å². The van der Waals surface area contributed by atoms with Crippen LogP contribution >= 0.6 is 0 Å². The normalized spacial score (nSPS) is 24.0. The maximum absolute atomic E-state index is 12.8. The van der Waals surface area contributed by atoms with Crippen LogP contribution in [0.3, 0.4) is 0 Å².